The molecule has 2 aliphatic rings. The summed E-state index contributed by atoms with van der Waals surface area (Å²) in [5.74, 6) is 0.242. The number of nitrogens with zero attached hydrogens (tertiary/aromatic N) is 6. The van der Waals surface area contributed by atoms with Crippen molar-refractivity contribution in [3.8, 4) is 5.69 Å². The van der Waals surface area contributed by atoms with Crippen LogP contribution in [-0.2, 0) is 11.2 Å². The number of rotatable bonds is 3. The summed E-state index contributed by atoms with van der Waals surface area (Å²) < 4.78 is 1.61. The van der Waals surface area contributed by atoms with Gasteiger partial charge in [-0.25, -0.2) is 4.68 Å². The van der Waals surface area contributed by atoms with Crippen molar-refractivity contribution in [2.75, 3.05) is 33.2 Å². The second-order valence-corrected chi connectivity index (χ2v) is 7.47. The van der Waals surface area contributed by atoms with E-state index in [0.717, 1.165) is 43.9 Å². The van der Waals surface area contributed by atoms with Crippen LogP contribution in [0.3, 0.4) is 0 Å². The van der Waals surface area contributed by atoms with Crippen molar-refractivity contribution in [2.24, 2.45) is 5.41 Å². The Morgan fingerprint density at radius 2 is 1.84 bits per heavy atom. The van der Waals surface area contributed by atoms with Crippen LogP contribution >= 0.6 is 0 Å². The molecule has 132 valence electrons. The van der Waals surface area contributed by atoms with Gasteiger partial charge in [-0.05, 0) is 72.9 Å². The Bertz CT molecular complexity index is 719. The molecule has 3 heterocycles. The molecular formula is C18H24N6O. The van der Waals surface area contributed by atoms with Gasteiger partial charge in [-0.2, -0.15) is 0 Å². The van der Waals surface area contributed by atoms with Crippen molar-refractivity contribution in [3.63, 3.8) is 0 Å². The van der Waals surface area contributed by atoms with Gasteiger partial charge >= 0.3 is 0 Å². The van der Waals surface area contributed by atoms with Gasteiger partial charge in [0.1, 0.15) is 6.33 Å². The Hall–Kier alpha value is -2.28. The van der Waals surface area contributed by atoms with E-state index in [9.17, 15) is 4.79 Å². The third-order valence-electron chi connectivity index (χ3n) is 5.74. The Morgan fingerprint density at radius 1 is 1.12 bits per heavy atom. The van der Waals surface area contributed by atoms with Crippen LogP contribution in [0.25, 0.3) is 5.69 Å². The number of carbonyl (C=O) groups excluding carboxylic acids is 1. The van der Waals surface area contributed by atoms with Crippen LogP contribution in [0.15, 0.2) is 30.6 Å². The maximum Gasteiger partial charge on any atom is 0.227 e. The third-order valence-corrected chi connectivity index (χ3v) is 5.74. The molecule has 1 aromatic heterocycles. The maximum absolute atomic E-state index is 12.7. The lowest BCUT2D eigenvalue weighted by Crippen LogP contribution is -2.40. The summed E-state index contributed by atoms with van der Waals surface area (Å²) in [5, 5.41) is 11.1. The molecule has 0 saturated carbocycles. The smallest absolute Gasteiger partial charge is 0.227 e. The molecule has 0 atom stereocenters. The van der Waals surface area contributed by atoms with Crippen LogP contribution < -0.4 is 0 Å². The van der Waals surface area contributed by atoms with Gasteiger partial charge in [-0.3, -0.25) is 4.79 Å². The first-order valence-electron chi connectivity index (χ1n) is 8.92. The highest BCUT2D eigenvalue weighted by Gasteiger charge is 2.41. The first kappa shape index (κ1) is 16.2. The van der Waals surface area contributed by atoms with Crippen molar-refractivity contribution < 1.29 is 4.79 Å². The summed E-state index contributed by atoms with van der Waals surface area (Å²) in [7, 11) is 2.18. The van der Waals surface area contributed by atoms with E-state index >= 15 is 0 Å². The summed E-state index contributed by atoms with van der Waals surface area (Å²) in [6, 6.07) is 7.86. The molecule has 0 bridgehead atoms. The van der Waals surface area contributed by atoms with E-state index in [4.69, 9.17) is 0 Å². The van der Waals surface area contributed by atoms with E-state index in [-0.39, 0.29) is 5.91 Å². The largest absolute Gasteiger partial charge is 0.342 e. The minimum absolute atomic E-state index is 0.242. The number of piperidine rings is 1. The van der Waals surface area contributed by atoms with E-state index in [1.54, 1.807) is 11.0 Å². The first-order valence-corrected chi connectivity index (χ1v) is 8.92. The van der Waals surface area contributed by atoms with Gasteiger partial charge < -0.3 is 9.80 Å². The van der Waals surface area contributed by atoms with Gasteiger partial charge in [0.05, 0.1) is 12.1 Å². The number of aromatic nitrogens is 4. The lowest BCUT2D eigenvalue weighted by atomic mass is 9.78. The molecule has 2 aliphatic heterocycles. The van der Waals surface area contributed by atoms with E-state index in [1.165, 1.54) is 12.8 Å². The molecule has 1 amide bonds. The monoisotopic (exact) mass is 340 g/mol. The average molecular weight is 340 g/mol. The molecule has 25 heavy (non-hydrogen) atoms. The second kappa shape index (κ2) is 6.55. The summed E-state index contributed by atoms with van der Waals surface area (Å²) in [5.41, 5.74) is 2.30. The molecule has 2 saturated heterocycles. The van der Waals surface area contributed by atoms with Crippen molar-refractivity contribution in [1.29, 1.82) is 0 Å². The van der Waals surface area contributed by atoms with Crippen LogP contribution in [0.1, 0.15) is 24.8 Å². The fourth-order valence-corrected chi connectivity index (χ4v) is 3.98. The zero-order valence-corrected chi connectivity index (χ0v) is 14.6. The number of likely N-dealkylation sites (tertiary alicyclic amines) is 2. The lowest BCUT2D eigenvalue weighted by molar-refractivity contribution is -0.130. The van der Waals surface area contributed by atoms with Crippen molar-refractivity contribution >= 4 is 5.91 Å². The molecule has 1 spiro atoms. The molecule has 0 radical (unpaired) electrons. The average Bonchev–Trinajstić information content (AvgIpc) is 3.29. The third kappa shape index (κ3) is 3.42. The van der Waals surface area contributed by atoms with E-state index in [0.29, 0.717) is 11.8 Å². The predicted octanol–water partition coefficient (Wildman–Crippen LogP) is 1.15. The quantitative estimate of drug-likeness (QED) is 0.838. The molecule has 1 aromatic carbocycles. The molecule has 2 aromatic rings. The highest BCUT2D eigenvalue weighted by atomic mass is 16.2. The fraction of sp³-hybridized carbons (Fsp3) is 0.556. The fourth-order valence-electron chi connectivity index (χ4n) is 3.98. The number of hydrogen-bond acceptors (Lipinski definition) is 5. The molecule has 4 rings (SSSR count). The summed E-state index contributed by atoms with van der Waals surface area (Å²) in [4.78, 5) is 17.2. The van der Waals surface area contributed by atoms with E-state index < -0.39 is 0 Å². The second-order valence-electron chi connectivity index (χ2n) is 7.47. The highest BCUT2D eigenvalue weighted by molar-refractivity contribution is 5.79. The minimum atomic E-state index is 0.242. The predicted molar refractivity (Wildman–Crippen MR) is 93.2 cm³/mol. The standard InChI is InChI=1S/C18H24N6O/c1-22-9-6-18(7-10-22)8-11-23(13-18)17(25)12-15-2-4-16(5-3-15)24-14-19-20-21-24/h2-5,14H,6-13H2,1H3. The van der Waals surface area contributed by atoms with Crippen LogP contribution in [0.5, 0.6) is 0 Å². The number of carbonyl (C=O) groups is 1. The van der Waals surface area contributed by atoms with E-state index in [2.05, 4.69) is 32.4 Å². The van der Waals surface area contributed by atoms with Crippen LogP contribution in [0.4, 0.5) is 0 Å². The minimum Gasteiger partial charge on any atom is -0.342 e. The zero-order valence-electron chi connectivity index (χ0n) is 14.6. The Labute approximate surface area is 147 Å². The lowest BCUT2D eigenvalue weighted by Gasteiger charge is -2.37. The van der Waals surface area contributed by atoms with Gasteiger partial charge in [-0.15, -0.1) is 5.10 Å². The van der Waals surface area contributed by atoms with Gasteiger partial charge in [0, 0.05) is 13.1 Å². The van der Waals surface area contributed by atoms with Crippen molar-refractivity contribution in [3.05, 3.63) is 36.2 Å². The topological polar surface area (TPSA) is 67.2 Å². The Morgan fingerprint density at radius 3 is 2.52 bits per heavy atom. The molecule has 2 fully saturated rings. The molecule has 7 nitrogen and oxygen atoms in total. The highest BCUT2D eigenvalue weighted by Crippen LogP contribution is 2.40. The number of amides is 1. The molecule has 0 N–H and O–H groups in total. The summed E-state index contributed by atoms with van der Waals surface area (Å²) in [6.07, 6.45) is 5.62. The van der Waals surface area contributed by atoms with E-state index in [1.807, 2.05) is 24.3 Å². The number of hydrogen-bond donors (Lipinski definition) is 0. The van der Waals surface area contributed by atoms with Gasteiger partial charge in [0.15, 0.2) is 0 Å². The Kier molecular flexibility index (Phi) is 4.25. The zero-order chi connectivity index (χ0) is 17.3. The maximum atomic E-state index is 12.7. The number of benzene rings is 1. The SMILES string of the molecule is CN1CCC2(CC1)CCN(C(=O)Cc1ccc(-n3cnnn3)cc1)C2. The molecule has 0 unspecified atom stereocenters. The van der Waals surface area contributed by atoms with Crippen molar-refractivity contribution in [2.45, 2.75) is 25.7 Å². The summed E-state index contributed by atoms with van der Waals surface area (Å²) >= 11 is 0. The van der Waals surface area contributed by atoms with Crippen LogP contribution in [0.2, 0.25) is 0 Å². The molecule has 7 heteroatoms. The van der Waals surface area contributed by atoms with Crippen LogP contribution in [-0.4, -0.2) is 69.1 Å². The number of tetrazole rings is 1. The first-order chi connectivity index (χ1) is 12.1. The van der Waals surface area contributed by atoms with Crippen molar-refractivity contribution in [1.82, 2.24) is 30.0 Å². The molecule has 0 aliphatic carbocycles. The summed E-state index contributed by atoms with van der Waals surface area (Å²) in [6.45, 7) is 4.15. The molecular weight excluding hydrogens is 316 g/mol. The van der Waals surface area contributed by atoms with Gasteiger partial charge in [-0.1, -0.05) is 12.1 Å². The van der Waals surface area contributed by atoms with Gasteiger partial charge in [0.25, 0.3) is 0 Å². The Balaban J connectivity index is 1.36. The van der Waals surface area contributed by atoms with Crippen LogP contribution in [0, 0.1) is 5.41 Å². The normalized spacial score (nSPS) is 20.3. The van der Waals surface area contributed by atoms with Gasteiger partial charge in [0.2, 0.25) is 5.91 Å².